The predicted octanol–water partition coefficient (Wildman–Crippen LogP) is 6.08. The van der Waals surface area contributed by atoms with Crippen LogP contribution < -0.4 is 4.31 Å². The molecule has 2 aliphatic carbocycles. The molecule has 0 N–H and O–H groups in total. The van der Waals surface area contributed by atoms with Gasteiger partial charge >= 0.3 is 0 Å². The smallest absolute Gasteiger partial charge is 0.268 e. The highest BCUT2D eigenvalue weighted by molar-refractivity contribution is 9.10. The van der Waals surface area contributed by atoms with E-state index in [4.69, 9.17) is 0 Å². The number of hydrogen-bond acceptors (Lipinski definition) is 3. The summed E-state index contributed by atoms with van der Waals surface area (Å²) < 4.78 is 44.3. The van der Waals surface area contributed by atoms with Gasteiger partial charge in [0.15, 0.2) is 5.78 Å². The number of nitrogens with zero attached hydrogens (tertiary/aromatic N) is 1. The largest absolute Gasteiger partial charge is 0.293 e. The van der Waals surface area contributed by atoms with E-state index in [1.807, 2.05) is 19.1 Å². The summed E-state index contributed by atoms with van der Waals surface area (Å²) in [6.07, 6.45) is 8.03. The highest BCUT2D eigenvalue weighted by atomic mass is 79.9. The van der Waals surface area contributed by atoms with E-state index in [1.165, 1.54) is 34.6 Å². The standard InChI is InChI=1S/C27H19BrFNO3S/c1-18-5-10-22(11-6-18)30(34(32,33)23-12-7-20(28)8-13-23)25-17-19-16-21(29)9-14-24(19)27(25)15-3-2-4-26(27)31/h2-17H,1H3/t27-/m1/s1. The van der Waals surface area contributed by atoms with Crippen LogP contribution in [0.5, 0.6) is 0 Å². The van der Waals surface area contributed by atoms with Crippen LogP contribution in [0.4, 0.5) is 10.1 Å². The van der Waals surface area contributed by atoms with E-state index in [-0.39, 0.29) is 16.4 Å². The Balaban J connectivity index is 1.81. The minimum Gasteiger partial charge on any atom is -0.293 e. The fraction of sp³-hybridized carbons (Fsp3) is 0.0741. The number of hydrogen-bond donors (Lipinski definition) is 0. The summed E-state index contributed by atoms with van der Waals surface area (Å²) in [5.41, 5.74) is 1.17. The molecule has 0 aliphatic heterocycles. The number of halogens is 2. The Labute approximate surface area is 205 Å². The number of allylic oxidation sites excluding steroid dienone is 4. The van der Waals surface area contributed by atoms with Gasteiger partial charge < -0.3 is 0 Å². The third kappa shape index (κ3) is 3.47. The van der Waals surface area contributed by atoms with Crippen molar-refractivity contribution in [1.29, 1.82) is 0 Å². The zero-order chi connectivity index (χ0) is 24.1. The number of aryl methyl sites for hydroxylation is 1. The number of ketones is 1. The number of carbonyl (C=O) groups is 1. The van der Waals surface area contributed by atoms with Gasteiger partial charge in [-0.1, -0.05) is 57.9 Å². The van der Waals surface area contributed by atoms with Crippen LogP contribution in [0.15, 0.2) is 106 Å². The first kappa shape index (κ1) is 22.5. The van der Waals surface area contributed by atoms with Crippen molar-refractivity contribution in [3.05, 3.63) is 124 Å². The lowest BCUT2D eigenvalue weighted by molar-refractivity contribution is -0.117. The van der Waals surface area contributed by atoms with Gasteiger partial charge in [0.1, 0.15) is 11.2 Å². The van der Waals surface area contributed by atoms with E-state index in [0.717, 1.165) is 10.0 Å². The van der Waals surface area contributed by atoms with Crippen molar-refractivity contribution >= 4 is 43.5 Å². The van der Waals surface area contributed by atoms with Crippen LogP contribution in [0.3, 0.4) is 0 Å². The molecule has 0 amide bonds. The summed E-state index contributed by atoms with van der Waals surface area (Å²) in [6.45, 7) is 1.91. The molecule has 5 rings (SSSR count). The van der Waals surface area contributed by atoms with Crippen LogP contribution in [-0.2, 0) is 20.2 Å². The van der Waals surface area contributed by atoms with E-state index in [2.05, 4.69) is 15.9 Å². The highest BCUT2D eigenvalue weighted by Crippen LogP contribution is 2.49. The number of fused-ring (bicyclic) bond motifs is 2. The fourth-order valence-electron chi connectivity index (χ4n) is 4.42. The Morgan fingerprint density at radius 1 is 0.941 bits per heavy atom. The molecular weight excluding hydrogens is 517 g/mol. The van der Waals surface area contributed by atoms with E-state index < -0.39 is 21.3 Å². The van der Waals surface area contributed by atoms with Crippen molar-refractivity contribution in [1.82, 2.24) is 0 Å². The Hall–Kier alpha value is -3.29. The van der Waals surface area contributed by atoms with Crippen molar-refractivity contribution < 1.29 is 17.6 Å². The van der Waals surface area contributed by atoms with Gasteiger partial charge in [0, 0.05) is 4.47 Å². The lowest BCUT2D eigenvalue weighted by Crippen LogP contribution is -2.44. The Kier molecular flexibility index (Phi) is 5.41. The van der Waals surface area contributed by atoms with Crippen LogP contribution in [0.25, 0.3) is 6.08 Å². The van der Waals surface area contributed by atoms with Crippen molar-refractivity contribution in [2.75, 3.05) is 4.31 Å². The van der Waals surface area contributed by atoms with Crippen LogP contribution in [-0.4, -0.2) is 14.2 Å². The lowest BCUT2D eigenvalue weighted by atomic mass is 9.74. The quantitative estimate of drug-likeness (QED) is 0.406. The second-order valence-corrected chi connectivity index (χ2v) is 10.9. The van der Waals surface area contributed by atoms with Gasteiger partial charge in [0.05, 0.1) is 16.3 Å². The lowest BCUT2D eigenvalue weighted by Gasteiger charge is -2.36. The van der Waals surface area contributed by atoms with E-state index in [9.17, 15) is 17.6 Å². The molecule has 0 saturated carbocycles. The molecule has 1 spiro atoms. The summed E-state index contributed by atoms with van der Waals surface area (Å²) in [6, 6.07) is 17.5. The zero-order valence-corrected chi connectivity index (χ0v) is 20.5. The fourth-order valence-corrected chi connectivity index (χ4v) is 6.23. The third-order valence-electron chi connectivity index (χ3n) is 6.07. The summed E-state index contributed by atoms with van der Waals surface area (Å²) in [5.74, 6) is -0.762. The summed E-state index contributed by atoms with van der Waals surface area (Å²) in [7, 11) is -4.15. The van der Waals surface area contributed by atoms with E-state index >= 15 is 0 Å². The van der Waals surface area contributed by atoms with Gasteiger partial charge in [-0.2, -0.15) is 0 Å². The normalized spacial score (nSPS) is 18.8. The molecule has 0 aromatic heterocycles. The topological polar surface area (TPSA) is 54.5 Å². The SMILES string of the molecule is Cc1ccc(N(C2=Cc3cc(F)ccc3[C@]23C=CC=CC3=O)S(=O)(=O)c2ccc(Br)cc2)cc1. The molecule has 0 saturated heterocycles. The second-order valence-electron chi connectivity index (χ2n) is 8.21. The number of anilines is 1. The second kappa shape index (κ2) is 8.18. The van der Waals surface area contributed by atoms with Crippen LogP contribution >= 0.6 is 15.9 Å². The molecule has 0 fully saturated rings. The highest BCUT2D eigenvalue weighted by Gasteiger charge is 2.50. The molecule has 4 nitrogen and oxygen atoms in total. The molecule has 0 heterocycles. The third-order valence-corrected chi connectivity index (χ3v) is 8.35. The maximum Gasteiger partial charge on any atom is 0.268 e. The van der Waals surface area contributed by atoms with Crippen LogP contribution in [0.1, 0.15) is 16.7 Å². The molecule has 0 unspecified atom stereocenters. The summed E-state index contributed by atoms with van der Waals surface area (Å²) in [5, 5.41) is 0. The average molecular weight is 536 g/mol. The van der Waals surface area contributed by atoms with Crippen LogP contribution in [0.2, 0.25) is 0 Å². The van der Waals surface area contributed by atoms with Gasteiger partial charge in [-0.3, -0.25) is 4.79 Å². The number of carbonyl (C=O) groups excluding carboxylic acids is 1. The monoisotopic (exact) mass is 535 g/mol. The molecule has 0 bridgehead atoms. The van der Waals surface area contributed by atoms with Crippen molar-refractivity contribution in [2.45, 2.75) is 17.2 Å². The Bertz CT molecular complexity index is 1510. The Morgan fingerprint density at radius 2 is 1.65 bits per heavy atom. The molecule has 170 valence electrons. The van der Waals surface area contributed by atoms with Crippen molar-refractivity contribution in [3.63, 3.8) is 0 Å². The minimum atomic E-state index is -4.15. The molecule has 3 aromatic rings. The van der Waals surface area contributed by atoms with Gasteiger partial charge in [-0.05, 0) is 78.7 Å². The first-order chi connectivity index (χ1) is 16.2. The summed E-state index contributed by atoms with van der Waals surface area (Å²) in [4.78, 5) is 13.5. The van der Waals surface area contributed by atoms with E-state index in [1.54, 1.807) is 54.6 Å². The summed E-state index contributed by atoms with van der Waals surface area (Å²) >= 11 is 3.34. The number of benzene rings is 3. The number of sulfonamides is 1. The minimum absolute atomic E-state index is 0.0669. The maximum absolute atomic E-state index is 14.2. The Morgan fingerprint density at radius 3 is 2.32 bits per heavy atom. The van der Waals surface area contributed by atoms with Crippen molar-refractivity contribution in [3.8, 4) is 0 Å². The molecular formula is C27H19BrFNO3S. The first-order valence-electron chi connectivity index (χ1n) is 10.5. The maximum atomic E-state index is 14.2. The molecule has 7 heteroatoms. The van der Waals surface area contributed by atoms with Crippen LogP contribution in [0, 0.1) is 12.7 Å². The molecule has 2 aliphatic rings. The zero-order valence-electron chi connectivity index (χ0n) is 18.1. The van der Waals surface area contributed by atoms with Gasteiger partial charge in [-0.25, -0.2) is 17.1 Å². The molecule has 34 heavy (non-hydrogen) atoms. The molecule has 1 atom stereocenters. The van der Waals surface area contributed by atoms with Gasteiger partial charge in [0.2, 0.25) is 0 Å². The molecule has 0 radical (unpaired) electrons. The van der Waals surface area contributed by atoms with E-state index in [0.29, 0.717) is 16.8 Å². The van der Waals surface area contributed by atoms with Gasteiger partial charge in [-0.15, -0.1) is 0 Å². The van der Waals surface area contributed by atoms with Crippen molar-refractivity contribution in [2.24, 2.45) is 0 Å². The van der Waals surface area contributed by atoms with Gasteiger partial charge in [0.25, 0.3) is 10.0 Å². The number of rotatable bonds is 4. The average Bonchev–Trinajstić information content (AvgIpc) is 3.11. The first-order valence-corrected chi connectivity index (χ1v) is 12.8. The predicted molar refractivity (Wildman–Crippen MR) is 134 cm³/mol. The molecule has 3 aromatic carbocycles.